The molecular weight excluding hydrogens is 220 g/mol. The van der Waals surface area contributed by atoms with Gasteiger partial charge in [0.05, 0.1) is 6.17 Å². The van der Waals surface area contributed by atoms with E-state index in [0.29, 0.717) is 0 Å². The van der Waals surface area contributed by atoms with E-state index in [4.69, 9.17) is 5.73 Å². The van der Waals surface area contributed by atoms with Crippen LogP contribution in [0.2, 0.25) is 0 Å². The summed E-state index contributed by atoms with van der Waals surface area (Å²) in [4.78, 5) is 0. The monoisotopic (exact) mass is 242 g/mol. The molecular formula is C16H22N2. The third kappa shape index (κ3) is 4.32. The van der Waals surface area contributed by atoms with Gasteiger partial charge in [-0.25, -0.2) is 0 Å². The van der Waals surface area contributed by atoms with Crippen molar-refractivity contribution in [1.82, 2.24) is 5.32 Å². The minimum absolute atomic E-state index is 0.167. The summed E-state index contributed by atoms with van der Waals surface area (Å²) in [7, 11) is 0. The summed E-state index contributed by atoms with van der Waals surface area (Å²) in [6.45, 7) is 7.83. The maximum Gasteiger partial charge on any atom is 0.0814 e. The van der Waals surface area contributed by atoms with Gasteiger partial charge < -0.3 is 5.73 Å². The van der Waals surface area contributed by atoms with Gasteiger partial charge in [-0.1, -0.05) is 61.2 Å². The number of nitrogens with two attached hydrogens (primary N) is 1. The number of allylic oxidation sites excluding steroid dienone is 3. The third-order valence-electron chi connectivity index (χ3n) is 2.76. The Balaban J connectivity index is 2.72. The number of hydrogen-bond acceptors (Lipinski definition) is 2. The zero-order chi connectivity index (χ0) is 13.4. The number of rotatable bonds is 6. The highest BCUT2D eigenvalue weighted by Gasteiger charge is 2.11. The van der Waals surface area contributed by atoms with E-state index in [1.807, 2.05) is 49.4 Å². The molecule has 0 aliphatic carbocycles. The summed E-state index contributed by atoms with van der Waals surface area (Å²) < 4.78 is 0. The molecule has 0 radical (unpaired) electrons. The predicted molar refractivity (Wildman–Crippen MR) is 79.1 cm³/mol. The molecule has 0 aliphatic heterocycles. The van der Waals surface area contributed by atoms with Crippen LogP contribution in [0.1, 0.15) is 25.6 Å². The molecule has 0 saturated heterocycles. The second-order valence-electron chi connectivity index (χ2n) is 4.18. The summed E-state index contributed by atoms with van der Waals surface area (Å²) in [5, 5.41) is 3.38. The molecule has 1 rings (SSSR count). The summed E-state index contributed by atoms with van der Waals surface area (Å²) in [5.74, 6) is 0. The lowest BCUT2D eigenvalue weighted by molar-refractivity contribution is 0.508. The van der Waals surface area contributed by atoms with Crippen LogP contribution in [0.3, 0.4) is 0 Å². The minimum atomic E-state index is -0.167. The summed E-state index contributed by atoms with van der Waals surface area (Å²) >= 11 is 0. The van der Waals surface area contributed by atoms with Crippen LogP contribution >= 0.6 is 0 Å². The van der Waals surface area contributed by atoms with Crippen molar-refractivity contribution in [2.75, 3.05) is 0 Å². The highest BCUT2D eigenvalue weighted by atomic mass is 15.0. The lowest BCUT2D eigenvalue weighted by Crippen LogP contribution is -2.36. The summed E-state index contributed by atoms with van der Waals surface area (Å²) in [6, 6.07) is 10.2. The Morgan fingerprint density at radius 2 is 2.00 bits per heavy atom. The van der Waals surface area contributed by atoms with Crippen LogP contribution in [-0.4, -0.2) is 6.04 Å². The maximum absolute atomic E-state index is 6.14. The zero-order valence-electron chi connectivity index (χ0n) is 11.1. The molecule has 3 N–H and O–H groups in total. The highest BCUT2D eigenvalue weighted by Crippen LogP contribution is 2.11. The minimum Gasteiger partial charge on any atom is -0.312 e. The van der Waals surface area contributed by atoms with E-state index in [-0.39, 0.29) is 12.2 Å². The lowest BCUT2D eigenvalue weighted by atomic mass is 10.1. The number of nitrogens with one attached hydrogen (secondary N) is 1. The summed E-state index contributed by atoms with van der Waals surface area (Å²) in [6.07, 6.45) is 7.70. The first-order chi connectivity index (χ1) is 8.69. The Labute approximate surface area is 110 Å². The molecule has 2 heteroatoms. The van der Waals surface area contributed by atoms with Crippen molar-refractivity contribution in [2.45, 2.75) is 26.1 Å². The fourth-order valence-corrected chi connectivity index (χ4v) is 1.79. The molecule has 1 aromatic rings. The fourth-order valence-electron chi connectivity index (χ4n) is 1.79. The van der Waals surface area contributed by atoms with Gasteiger partial charge in [0, 0.05) is 6.04 Å². The van der Waals surface area contributed by atoms with E-state index in [2.05, 4.69) is 24.9 Å². The second kappa shape index (κ2) is 7.64. The van der Waals surface area contributed by atoms with E-state index in [0.717, 1.165) is 5.56 Å². The van der Waals surface area contributed by atoms with Crippen molar-refractivity contribution >= 4 is 0 Å². The van der Waals surface area contributed by atoms with E-state index in [1.165, 1.54) is 5.57 Å². The van der Waals surface area contributed by atoms with Gasteiger partial charge in [0.1, 0.15) is 0 Å². The molecule has 2 unspecified atom stereocenters. The van der Waals surface area contributed by atoms with Crippen molar-refractivity contribution in [2.24, 2.45) is 5.73 Å². The van der Waals surface area contributed by atoms with E-state index in [9.17, 15) is 0 Å². The van der Waals surface area contributed by atoms with Crippen molar-refractivity contribution in [3.63, 3.8) is 0 Å². The summed E-state index contributed by atoms with van der Waals surface area (Å²) in [5.41, 5.74) is 8.39. The van der Waals surface area contributed by atoms with Crippen molar-refractivity contribution in [3.8, 4) is 0 Å². The highest BCUT2D eigenvalue weighted by molar-refractivity contribution is 5.28. The number of benzene rings is 1. The molecule has 18 heavy (non-hydrogen) atoms. The molecule has 0 heterocycles. The Hall–Kier alpha value is -1.64. The van der Waals surface area contributed by atoms with Gasteiger partial charge in [-0.05, 0) is 25.0 Å². The zero-order valence-corrected chi connectivity index (χ0v) is 11.1. The van der Waals surface area contributed by atoms with Crippen LogP contribution in [0.25, 0.3) is 0 Å². The van der Waals surface area contributed by atoms with E-state index in [1.54, 1.807) is 6.08 Å². The van der Waals surface area contributed by atoms with Gasteiger partial charge >= 0.3 is 0 Å². The molecule has 2 nitrogen and oxygen atoms in total. The fraction of sp³-hybridized carbons (Fsp3) is 0.250. The Bertz CT molecular complexity index is 418. The average molecular weight is 242 g/mol. The smallest absolute Gasteiger partial charge is 0.0814 e. The lowest BCUT2D eigenvalue weighted by Gasteiger charge is -2.21. The molecule has 0 fully saturated rings. The van der Waals surface area contributed by atoms with Crippen LogP contribution in [0.4, 0.5) is 0 Å². The average Bonchev–Trinajstić information content (AvgIpc) is 2.39. The Kier molecular flexibility index (Phi) is 6.12. The molecule has 0 aromatic heterocycles. The SMILES string of the molecule is C=C/C=C(\C=C/C)C(C)NC(N)c1ccccc1. The first kappa shape index (κ1) is 14.4. The molecule has 0 aliphatic rings. The van der Waals surface area contributed by atoms with Gasteiger partial charge in [0.2, 0.25) is 0 Å². The Morgan fingerprint density at radius 1 is 1.33 bits per heavy atom. The van der Waals surface area contributed by atoms with Crippen LogP contribution in [0, 0.1) is 0 Å². The number of hydrogen-bond donors (Lipinski definition) is 2. The molecule has 0 bridgehead atoms. The largest absolute Gasteiger partial charge is 0.312 e. The maximum atomic E-state index is 6.14. The van der Waals surface area contributed by atoms with Gasteiger partial charge in [0.25, 0.3) is 0 Å². The van der Waals surface area contributed by atoms with E-state index < -0.39 is 0 Å². The van der Waals surface area contributed by atoms with Gasteiger partial charge in [0.15, 0.2) is 0 Å². The van der Waals surface area contributed by atoms with Crippen LogP contribution in [0.5, 0.6) is 0 Å². The van der Waals surface area contributed by atoms with Gasteiger partial charge in [-0.2, -0.15) is 0 Å². The first-order valence-electron chi connectivity index (χ1n) is 6.21. The van der Waals surface area contributed by atoms with E-state index >= 15 is 0 Å². The van der Waals surface area contributed by atoms with Gasteiger partial charge in [-0.3, -0.25) is 5.32 Å². The molecule has 0 saturated carbocycles. The van der Waals surface area contributed by atoms with Crippen LogP contribution in [0.15, 0.2) is 66.8 Å². The molecule has 0 spiro atoms. The second-order valence-corrected chi connectivity index (χ2v) is 4.18. The molecule has 96 valence electrons. The standard InChI is InChI=1S/C16H22N2/c1-4-9-14(10-5-2)13(3)18-16(17)15-11-7-6-8-12-15/h4-13,16,18H,1,17H2,2-3H3/b10-5-,14-9+. The first-order valence-corrected chi connectivity index (χ1v) is 6.21. The topological polar surface area (TPSA) is 38.0 Å². The van der Waals surface area contributed by atoms with Crippen molar-refractivity contribution in [1.29, 1.82) is 0 Å². The molecule has 2 atom stereocenters. The van der Waals surface area contributed by atoms with Crippen molar-refractivity contribution < 1.29 is 0 Å². The van der Waals surface area contributed by atoms with Crippen LogP contribution < -0.4 is 11.1 Å². The van der Waals surface area contributed by atoms with Crippen molar-refractivity contribution in [3.05, 3.63) is 72.4 Å². The van der Waals surface area contributed by atoms with Gasteiger partial charge in [-0.15, -0.1) is 0 Å². The Morgan fingerprint density at radius 3 is 2.56 bits per heavy atom. The normalized spacial score (nSPS) is 15.6. The predicted octanol–water partition coefficient (Wildman–Crippen LogP) is 3.31. The molecule has 0 amide bonds. The quantitative estimate of drug-likeness (QED) is 0.593. The van der Waals surface area contributed by atoms with Crippen LogP contribution in [-0.2, 0) is 0 Å². The molecule has 1 aromatic carbocycles. The third-order valence-corrected chi connectivity index (χ3v) is 2.76.